The third kappa shape index (κ3) is 2.72. The molecule has 1 amide bonds. The Hall–Kier alpha value is -1.75. The normalized spacial score (nSPS) is 18.2. The minimum absolute atomic E-state index is 0.0361. The van der Waals surface area contributed by atoms with Crippen molar-refractivity contribution in [2.75, 3.05) is 31.5 Å². The Morgan fingerprint density at radius 1 is 1.45 bits per heavy atom. The van der Waals surface area contributed by atoms with Gasteiger partial charge in [0.2, 0.25) is 5.91 Å². The van der Waals surface area contributed by atoms with Gasteiger partial charge in [-0.1, -0.05) is 0 Å². The Balaban J connectivity index is 2.40. The van der Waals surface area contributed by atoms with Gasteiger partial charge in [-0.3, -0.25) is 4.79 Å². The van der Waals surface area contributed by atoms with Crippen molar-refractivity contribution in [1.82, 2.24) is 0 Å². The highest BCUT2D eigenvalue weighted by molar-refractivity contribution is 6.18. The quantitative estimate of drug-likeness (QED) is 0.631. The number of halogens is 1. The van der Waals surface area contributed by atoms with Crippen LogP contribution in [0, 0.1) is 5.92 Å². The highest BCUT2D eigenvalue weighted by Crippen LogP contribution is 2.31. The van der Waals surface area contributed by atoms with E-state index in [9.17, 15) is 9.59 Å². The summed E-state index contributed by atoms with van der Waals surface area (Å²) in [5.74, 6) is 0.532. The van der Waals surface area contributed by atoms with Crippen LogP contribution in [0.4, 0.5) is 5.69 Å². The van der Waals surface area contributed by atoms with E-state index in [1.54, 1.807) is 23.1 Å². The predicted molar refractivity (Wildman–Crippen MR) is 75.5 cm³/mol. The van der Waals surface area contributed by atoms with E-state index in [4.69, 9.17) is 21.1 Å². The van der Waals surface area contributed by atoms with Crippen molar-refractivity contribution in [3.8, 4) is 5.75 Å². The fourth-order valence-electron chi connectivity index (χ4n) is 2.27. The van der Waals surface area contributed by atoms with Gasteiger partial charge in [-0.25, -0.2) is 4.79 Å². The smallest absolute Gasteiger partial charge is 0.340 e. The summed E-state index contributed by atoms with van der Waals surface area (Å²) < 4.78 is 9.87. The van der Waals surface area contributed by atoms with Crippen LogP contribution in [0.25, 0.3) is 0 Å². The number of benzene rings is 1. The fourth-order valence-corrected chi connectivity index (χ4v) is 2.48. The van der Waals surface area contributed by atoms with Gasteiger partial charge in [0.05, 0.1) is 25.5 Å². The molecule has 108 valence electrons. The summed E-state index contributed by atoms with van der Waals surface area (Å²) in [4.78, 5) is 25.5. The number of alkyl halides is 1. The van der Waals surface area contributed by atoms with Gasteiger partial charge < -0.3 is 14.4 Å². The second kappa shape index (κ2) is 6.13. The lowest BCUT2D eigenvalue weighted by Crippen LogP contribution is -2.27. The lowest BCUT2D eigenvalue weighted by atomic mass is 10.1. The lowest BCUT2D eigenvalue weighted by Gasteiger charge is -2.20. The van der Waals surface area contributed by atoms with Crippen molar-refractivity contribution in [2.45, 2.75) is 6.42 Å². The first kappa shape index (κ1) is 14.7. The number of carbonyl (C=O) groups is 2. The number of methoxy groups -OCH3 is 2. The van der Waals surface area contributed by atoms with Crippen molar-refractivity contribution >= 4 is 29.2 Å². The van der Waals surface area contributed by atoms with Crippen molar-refractivity contribution in [2.24, 2.45) is 5.92 Å². The molecule has 1 aliphatic rings. The van der Waals surface area contributed by atoms with Crippen molar-refractivity contribution in [3.05, 3.63) is 23.8 Å². The molecular formula is C14H16ClNO4. The number of esters is 1. The zero-order valence-corrected chi connectivity index (χ0v) is 12.1. The van der Waals surface area contributed by atoms with E-state index >= 15 is 0 Å². The molecular weight excluding hydrogens is 282 g/mol. The minimum Gasteiger partial charge on any atom is -0.497 e. The Bertz CT molecular complexity index is 532. The van der Waals surface area contributed by atoms with Gasteiger partial charge in [0, 0.05) is 18.8 Å². The van der Waals surface area contributed by atoms with Crippen molar-refractivity contribution in [3.63, 3.8) is 0 Å². The maximum atomic E-state index is 12.0. The number of ether oxygens (including phenoxy) is 2. The zero-order valence-electron chi connectivity index (χ0n) is 11.4. The molecule has 1 saturated heterocycles. The average molecular weight is 298 g/mol. The third-order valence-electron chi connectivity index (χ3n) is 3.32. The first-order valence-corrected chi connectivity index (χ1v) is 6.76. The maximum absolute atomic E-state index is 12.0. The van der Waals surface area contributed by atoms with Crippen LogP contribution in [0.3, 0.4) is 0 Å². The van der Waals surface area contributed by atoms with Gasteiger partial charge in [-0.2, -0.15) is 0 Å². The standard InChI is InChI=1S/C14H16ClNO4/c1-19-10-3-4-12(11(6-10)14(18)20-2)16-8-9(7-15)5-13(16)17/h3-4,6,9H,5,7-8H2,1-2H3. The molecule has 20 heavy (non-hydrogen) atoms. The number of rotatable bonds is 4. The largest absolute Gasteiger partial charge is 0.497 e. The van der Waals surface area contributed by atoms with Crippen molar-refractivity contribution < 1.29 is 19.1 Å². The molecule has 0 radical (unpaired) electrons. The van der Waals surface area contributed by atoms with Gasteiger partial charge in [-0.05, 0) is 24.1 Å². The number of hydrogen-bond donors (Lipinski definition) is 0. The second-order valence-electron chi connectivity index (χ2n) is 4.60. The lowest BCUT2D eigenvalue weighted by molar-refractivity contribution is -0.117. The first-order chi connectivity index (χ1) is 9.60. The molecule has 1 heterocycles. The highest BCUT2D eigenvalue weighted by Gasteiger charge is 2.32. The number of anilines is 1. The van der Waals surface area contributed by atoms with Crippen LogP contribution in [0.15, 0.2) is 18.2 Å². The van der Waals surface area contributed by atoms with Crippen molar-refractivity contribution in [1.29, 1.82) is 0 Å². The molecule has 0 aliphatic carbocycles. The molecule has 1 atom stereocenters. The fraction of sp³-hybridized carbons (Fsp3) is 0.429. The summed E-state index contributed by atoms with van der Waals surface area (Å²) in [7, 11) is 2.82. The predicted octanol–water partition coefficient (Wildman–Crippen LogP) is 2.07. The summed E-state index contributed by atoms with van der Waals surface area (Å²) >= 11 is 5.81. The van der Waals surface area contributed by atoms with E-state index in [1.165, 1.54) is 14.2 Å². The molecule has 1 unspecified atom stereocenters. The van der Waals surface area contributed by atoms with Crippen LogP contribution in [-0.4, -0.2) is 38.5 Å². The average Bonchev–Trinajstić information content (AvgIpc) is 2.86. The van der Waals surface area contributed by atoms with Crippen LogP contribution in [0.5, 0.6) is 5.75 Å². The van der Waals surface area contributed by atoms with E-state index in [0.717, 1.165) is 0 Å². The second-order valence-corrected chi connectivity index (χ2v) is 4.91. The summed E-state index contributed by atoms with van der Waals surface area (Å²) in [6.07, 6.45) is 0.399. The molecule has 0 spiro atoms. The van der Waals surface area contributed by atoms with E-state index in [1.807, 2.05) is 0 Å². The summed E-state index contributed by atoms with van der Waals surface area (Å²) in [6, 6.07) is 4.98. The van der Waals surface area contributed by atoms with Crippen LogP contribution in [0.2, 0.25) is 0 Å². The number of nitrogens with zero attached hydrogens (tertiary/aromatic N) is 1. The Labute approximate surface area is 122 Å². The van der Waals surface area contributed by atoms with Crippen LogP contribution in [-0.2, 0) is 9.53 Å². The molecule has 1 aliphatic heterocycles. The minimum atomic E-state index is -0.499. The molecule has 6 heteroatoms. The van der Waals surface area contributed by atoms with Crippen LogP contribution >= 0.6 is 11.6 Å². The molecule has 0 bridgehead atoms. The van der Waals surface area contributed by atoms with E-state index < -0.39 is 5.97 Å². The molecule has 2 rings (SSSR count). The maximum Gasteiger partial charge on any atom is 0.340 e. The third-order valence-corrected chi connectivity index (χ3v) is 3.76. The highest BCUT2D eigenvalue weighted by atomic mass is 35.5. The molecule has 1 aromatic carbocycles. The number of carbonyl (C=O) groups excluding carboxylic acids is 2. The summed E-state index contributed by atoms with van der Waals surface area (Å²) in [5, 5.41) is 0. The first-order valence-electron chi connectivity index (χ1n) is 6.23. The Kier molecular flexibility index (Phi) is 4.49. The number of amides is 1. The van der Waals surface area contributed by atoms with E-state index in [2.05, 4.69) is 0 Å². The van der Waals surface area contributed by atoms with Crippen LogP contribution in [0.1, 0.15) is 16.8 Å². The molecule has 0 saturated carbocycles. The monoisotopic (exact) mass is 297 g/mol. The van der Waals surface area contributed by atoms with E-state index in [0.29, 0.717) is 35.8 Å². The van der Waals surface area contributed by atoms with E-state index in [-0.39, 0.29) is 11.8 Å². The van der Waals surface area contributed by atoms with Gasteiger partial charge in [0.15, 0.2) is 0 Å². The topological polar surface area (TPSA) is 55.8 Å². The number of hydrogen-bond acceptors (Lipinski definition) is 4. The van der Waals surface area contributed by atoms with Gasteiger partial charge >= 0.3 is 5.97 Å². The van der Waals surface area contributed by atoms with Gasteiger partial charge in [-0.15, -0.1) is 11.6 Å². The zero-order chi connectivity index (χ0) is 14.7. The molecule has 5 nitrogen and oxygen atoms in total. The summed E-state index contributed by atoms with van der Waals surface area (Å²) in [6.45, 7) is 0.513. The van der Waals surface area contributed by atoms with Crippen LogP contribution < -0.4 is 9.64 Å². The Morgan fingerprint density at radius 2 is 2.20 bits per heavy atom. The molecule has 0 N–H and O–H groups in total. The summed E-state index contributed by atoms with van der Waals surface area (Å²) in [5.41, 5.74) is 0.852. The molecule has 1 fully saturated rings. The molecule has 0 aromatic heterocycles. The van der Waals surface area contributed by atoms with Gasteiger partial charge in [0.1, 0.15) is 5.75 Å². The van der Waals surface area contributed by atoms with Gasteiger partial charge in [0.25, 0.3) is 0 Å². The SMILES string of the molecule is COC(=O)c1cc(OC)ccc1N1CC(CCl)CC1=O. The molecule has 1 aromatic rings. The Morgan fingerprint density at radius 3 is 2.75 bits per heavy atom.